The minimum atomic E-state index is -0.393. The third-order valence-electron chi connectivity index (χ3n) is 7.68. The summed E-state index contributed by atoms with van der Waals surface area (Å²) < 4.78 is 19.5. The lowest BCUT2D eigenvalue weighted by molar-refractivity contribution is -0.311. The lowest BCUT2D eigenvalue weighted by atomic mass is 9.78. The molecule has 2 aliphatic heterocycles. The quantitative estimate of drug-likeness (QED) is 0.709. The van der Waals surface area contributed by atoms with E-state index in [1.807, 2.05) is 0 Å². The average molecular weight is 385 g/mol. The zero-order chi connectivity index (χ0) is 20.5. The van der Waals surface area contributed by atoms with E-state index in [9.17, 15) is 5.11 Å². The van der Waals surface area contributed by atoms with Crippen LogP contribution in [-0.2, 0) is 14.2 Å². The van der Waals surface area contributed by atoms with Crippen LogP contribution in [0.3, 0.4) is 0 Å². The molecule has 4 heteroatoms. The number of aliphatic hydroxyl groups excluding tert-OH is 1. The predicted octanol–water partition coefficient (Wildman–Crippen LogP) is 4.88. The standard InChI is InChI=1S/C23H44O4/c1-10-12(3)20-15(6)19(24)16(7)23(26-20)27-22-14(5)18(9)25-21(17(22)8)13(4)11-2/h12-24H,10-11H2,1-9H3/t12-,13-,14?,15+,16?,17-,18?,19?,20+,21?,22-,23-/m1/s1. The first-order valence-electron chi connectivity index (χ1n) is 11.3. The minimum Gasteiger partial charge on any atom is -0.392 e. The van der Waals surface area contributed by atoms with Crippen molar-refractivity contribution in [3.63, 3.8) is 0 Å². The first-order valence-corrected chi connectivity index (χ1v) is 11.3. The van der Waals surface area contributed by atoms with Crippen molar-refractivity contribution in [3.8, 4) is 0 Å². The van der Waals surface area contributed by atoms with E-state index in [-0.39, 0.29) is 42.5 Å². The van der Waals surface area contributed by atoms with Crippen molar-refractivity contribution in [2.45, 2.75) is 112 Å². The molecule has 0 saturated carbocycles. The summed E-state index contributed by atoms with van der Waals surface area (Å²) in [6, 6.07) is 0. The van der Waals surface area contributed by atoms with Crippen LogP contribution < -0.4 is 0 Å². The molecule has 0 bridgehead atoms. The Morgan fingerprint density at radius 1 is 0.778 bits per heavy atom. The van der Waals surface area contributed by atoms with Crippen molar-refractivity contribution in [3.05, 3.63) is 0 Å². The molecule has 5 unspecified atom stereocenters. The molecule has 0 aromatic carbocycles. The van der Waals surface area contributed by atoms with Gasteiger partial charge in [0.05, 0.1) is 30.5 Å². The van der Waals surface area contributed by atoms with Gasteiger partial charge in [0.2, 0.25) is 0 Å². The SMILES string of the molecule is CC[C@@H](C)C1OC(C)C(C)[C@@H](O[C@H]2O[C@@H]([C@H](C)CC)[C@@H](C)C(O)C2C)[C@@H]1C. The van der Waals surface area contributed by atoms with Crippen LogP contribution in [0.4, 0.5) is 0 Å². The van der Waals surface area contributed by atoms with Crippen LogP contribution in [0.15, 0.2) is 0 Å². The molecule has 4 nitrogen and oxygen atoms in total. The molecular weight excluding hydrogens is 340 g/mol. The van der Waals surface area contributed by atoms with Crippen LogP contribution in [0.5, 0.6) is 0 Å². The Bertz CT molecular complexity index is 456. The third-order valence-corrected chi connectivity index (χ3v) is 7.68. The van der Waals surface area contributed by atoms with Gasteiger partial charge in [-0.3, -0.25) is 0 Å². The lowest BCUT2D eigenvalue weighted by Gasteiger charge is -2.50. The fraction of sp³-hybridized carbons (Fsp3) is 1.00. The molecule has 12 atom stereocenters. The fourth-order valence-corrected chi connectivity index (χ4v) is 4.99. The molecule has 1 N–H and O–H groups in total. The highest BCUT2D eigenvalue weighted by Gasteiger charge is 2.47. The summed E-state index contributed by atoms with van der Waals surface area (Å²) in [5, 5.41) is 10.8. The minimum absolute atomic E-state index is 0.0279. The van der Waals surface area contributed by atoms with Crippen molar-refractivity contribution >= 4 is 0 Å². The van der Waals surface area contributed by atoms with Gasteiger partial charge in [0.25, 0.3) is 0 Å². The molecule has 2 heterocycles. The maximum atomic E-state index is 10.8. The summed E-state index contributed by atoms with van der Waals surface area (Å²) in [5.74, 6) is 1.62. The van der Waals surface area contributed by atoms with Gasteiger partial charge in [0.1, 0.15) is 0 Å². The van der Waals surface area contributed by atoms with Gasteiger partial charge in [-0.2, -0.15) is 0 Å². The van der Waals surface area contributed by atoms with E-state index in [0.717, 1.165) is 12.8 Å². The highest BCUT2D eigenvalue weighted by Crippen LogP contribution is 2.40. The molecule has 2 aliphatic rings. The first kappa shape index (κ1) is 23.1. The van der Waals surface area contributed by atoms with Crippen molar-refractivity contribution in [1.29, 1.82) is 0 Å². The summed E-state index contributed by atoms with van der Waals surface area (Å²) >= 11 is 0. The van der Waals surface area contributed by atoms with Gasteiger partial charge in [-0.05, 0) is 18.8 Å². The van der Waals surface area contributed by atoms with Gasteiger partial charge in [0.15, 0.2) is 6.29 Å². The molecule has 0 radical (unpaired) electrons. The summed E-state index contributed by atoms with van der Waals surface area (Å²) in [5.41, 5.74) is 0. The second kappa shape index (κ2) is 9.56. The molecule has 0 aromatic rings. The van der Waals surface area contributed by atoms with E-state index in [1.165, 1.54) is 0 Å². The Kier molecular flexibility index (Phi) is 8.19. The van der Waals surface area contributed by atoms with E-state index < -0.39 is 6.10 Å². The number of rotatable bonds is 6. The van der Waals surface area contributed by atoms with E-state index >= 15 is 0 Å². The first-order chi connectivity index (χ1) is 12.6. The lowest BCUT2D eigenvalue weighted by Crippen LogP contribution is -2.57. The number of hydrogen-bond acceptors (Lipinski definition) is 4. The van der Waals surface area contributed by atoms with Crippen LogP contribution in [-0.4, -0.2) is 41.9 Å². The van der Waals surface area contributed by atoms with Crippen molar-refractivity contribution < 1.29 is 19.3 Å². The van der Waals surface area contributed by atoms with Crippen LogP contribution in [0.1, 0.15) is 75.2 Å². The summed E-state index contributed by atoms with van der Waals surface area (Å²) in [6.07, 6.45) is 1.89. The average Bonchev–Trinajstić information content (AvgIpc) is 2.66. The third kappa shape index (κ3) is 4.71. The van der Waals surface area contributed by atoms with Crippen LogP contribution in [0, 0.1) is 35.5 Å². The monoisotopic (exact) mass is 384 g/mol. The van der Waals surface area contributed by atoms with Crippen LogP contribution in [0.25, 0.3) is 0 Å². The zero-order valence-electron chi connectivity index (χ0n) is 19.0. The smallest absolute Gasteiger partial charge is 0.163 e. The molecule has 0 aliphatic carbocycles. The highest BCUT2D eigenvalue weighted by atomic mass is 16.7. The largest absolute Gasteiger partial charge is 0.392 e. The molecule has 0 aromatic heterocycles. The summed E-state index contributed by atoms with van der Waals surface area (Å²) in [4.78, 5) is 0. The van der Waals surface area contributed by atoms with Gasteiger partial charge in [-0.25, -0.2) is 0 Å². The van der Waals surface area contributed by atoms with Gasteiger partial charge >= 0.3 is 0 Å². The van der Waals surface area contributed by atoms with Crippen molar-refractivity contribution in [1.82, 2.24) is 0 Å². The molecule has 160 valence electrons. The maximum absolute atomic E-state index is 10.8. The predicted molar refractivity (Wildman–Crippen MR) is 109 cm³/mol. The molecule has 27 heavy (non-hydrogen) atoms. The Balaban J connectivity index is 2.18. The van der Waals surface area contributed by atoms with E-state index in [2.05, 4.69) is 62.3 Å². The van der Waals surface area contributed by atoms with Crippen molar-refractivity contribution in [2.24, 2.45) is 35.5 Å². The Labute approximate surface area is 167 Å². The topological polar surface area (TPSA) is 47.9 Å². The van der Waals surface area contributed by atoms with E-state index in [0.29, 0.717) is 23.7 Å². The molecular formula is C23H44O4. The van der Waals surface area contributed by atoms with E-state index in [1.54, 1.807) is 0 Å². The molecule has 0 spiro atoms. The zero-order valence-corrected chi connectivity index (χ0v) is 19.0. The van der Waals surface area contributed by atoms with E-state index in [4.69, 9.17) is 14.2 Å². The van der Waals surface area contributed by atoms with Crippen LogP contribution >= 0.6 is 0 Å². The Hall–Kier alpha value is -0.160. The Morgan fingerprint density at radius 2 is 1.30 bits per heavy atom. The Morgan fingerprint density at radius 3 is 1.81 bits per heavy atom. The number of ether oxygens (including phenoxy) is 3. The van der Waals surface area contributed by atoms with Gasteiger partial charge in [-0.1, -0.05) is 68.2 Å². The van der Waals surface area contributed by atoms with Crippen molar-refractivity contribution in [2.75, 3.05) is 0 Å². The second-order valence-corrected chi connectivity index (χ2v) is 9.57. The molecule has 2 fully saturated rings. The summed E-state index contributed by atoms with van der Waals surface area (Å²) in [6.45, 7) is 19.7. The second-order valence-electron chi connectivity index (χ2n) is 9.57. The molecule has 2 rings (SSSR count). The number of aliphatic hydroxyl groups is 1. The highest BCUT2D eigenvalue weighted by molar-refractivity contribution is 4.92. The van der Waals surface area contributed by atoms with Crippen LogP contribution in [0.2, 0.25) is 0 Å². The fourth-order valence-electron chi connectivity index (χ4n) is 4.99. The van der Waals surface area contributed by atoms with Gasteiger partial charge in [-0.15, -0.1) is 0 Å². The molecule has 2 saturated heterocycles. The summed E-state index contributed by atoms with van der Waals surface area (Å²) in [7, 11) is 0. The number of hydrogen-bond donors (Lipinski definition) is 1. The van der Waals surface area contributed by atoms with Gasteiger partial charge in [0, 0.05) is 23.7 Å². The normalized spacial score (nSPS) is 48.2. The van der Waals surface area contributed by atoms with Gasteiger partial charge < -0.3 is 19.3 Å². The molecule has 0 amide bonds. The maximum Gasteiger partial charge on any atom is 0.163 e.